The monoisotopic (exact) mass is 476 g/mol. The van der Waals surface area contributed by atoms with Crippen molar-refractivity contribution < 1.29 is 23.0 Å². The van der Waals surface area contributed by atoms with Crippen LogP contribution in [0.4, 0.5) is 0 Å². The summed E-state index contributed by atoms with van der Waals surface area (Å²) < 4.78 is 39.3. The topological polar surface area (TPSA) is 89.0 Å². The van der Waals surface area contributed by atoms with Gasteiger partial charge in [0, 0.05) is 18.0 Å². The molecule has 0 fully saturated rings. The number of ether oxygens (including phenoxy) is 2. The molecule has 0 spiro atoms. The summed E-state index contributed by atoms with van der Waals surface area (Å²) in [6.45, 7) is 5.93. The van der Waals surface area contributed by atoms with Gasteiger partial charge in [0.05, 0.1) is 24.3 Å². The molecule has 0 saturated carbocycles. The molecule has 0 aliphatic heterocycles. The minimum atomic E-state index is -3.67. The van der Waals surface area contributed by atoms with Gasteiger partial charge in [-0.2, -0.15) is 4.31 Å². The summed E-state index contributed by atoms with van der Waals surface area (Å²) in [6.07, 6.45) is 0. The second-order valence-electron chi connectivity index (χ2n) is 7.62. The zero-order chi connectivity index (χ0) is 23.3. The Balaban J connectivity index is 1.83. The van der Waals surface area contributed by atoms with Crippen molar-refractivity contribution in [2.45, 2.75) is 51.5 Å². The lowest BCUT2D eigenvalue weighted by molar-refractivity contribution is 0.271. The molecule has 1 N–H and O–H groups in total. The van der Waals surface area contributed by atoms with Gasteiger partial charge in [-0.15, -0.1) is 11.3 Å². The molecule has 3 aromatic rings. The number of methoxy groups -OCH3 is 1. The van der Waals surface area contributed by atoms with E-state index in [1.165, 1.54) is 15.6 Å². The van der Waals surface area contributed by atoms with Gasteiger partial charge in [0.15, 0.2) is 11.5 Å². The number of sulfonamides is 1. The lowest BCUT2D eigenvalue weighted by atomic mass is 10.2. The summed E-state index contributed by atoms with van der Waals surface area (Å²) >= 11 is 1.40. The molecule has 0 atom stereocenters. The van der Waals surface area contributed by atoms with Gasteiger partial charge in [0.1, 0.15) is 11.6 Å². The Morgan fingerprint density at radius 3 is 2.44 bits per heavy atom. The highest BCUT2D eigenvalue weighted by Gasteiger charge is 2.27. The second-order valence-corrected chi connectivity index (χ2v) is 10.5. The molecule has 32 heavy (non-hydrogen) atoms. The fourth-order valence-electron chi connectivity index (χ4n) is 3.13. The van der Waals surface area contributed by atoms with Crippen LogP contribution in [0.3, 0.4) is 0 Å². The lowest BCUT2D eigenvalue weighted by Crippen LogP contribution is -2.36. The smallest absolute Gasteiger partial charge is 0.243 e. The van der Waals surface area contributed by atoms with Crippen LogP contribution >= 0.6 is 11.3 Å². The lowest BCUT2D eigenvalue weighted by Gasteiger charge is -2.26. The maximum atomic E-state index is 13.3. The highest BCUT2D eigenvalue weighted by molar-refractivity contribution is 7.89. The van der Waals surface area contributed by atoms with Crippen molar-refractivity contribution in [3.63, 3.8) is 0 Å². The first-order valence-corrected chi connectivity index (χ1v) is 12.5. The minimum absolute atomic E-state index is 0.115. The Morgan fingerprint density at radius 2 is 1.84 bits per heavy atom. The molecule has 0 radical (unpaired) electrons. The summed E-state index contributed by atoms with van der Waals surface area (Å²) in [5.41, 5.74) is 2.38. The number of thiazole rings is 1. The Labute approximate surface area is 193 Å². The molecule has 3 rings (SSSR count). The van der Waals surface area contributed by atoms with Crippen molar-refractivity contribution in [1.29, 1.82) is 0 Å². The molecule has 0 unspecified atom stereocenters. The highest BCUT2D eigenvalue weighted by Crippen LogP contribution is 2.31. The number of aliphatic hydroxyl groups is 1. The third-order valence-electron chi connectivity index (χ3n) is 4.88. The molecule has 0 saturated heterocycles. The van der Waals surface area contributed by atoms with E-state index in [0.29, 0.717) is 17.2 Å². The average Bonchev–Trinajstić information content (AvgIpc) is 3.24. The van der Waals surface area contributed by atoms with Crippen LogP contribution in [0.25, 0.3) is 0 Å². The quantitative estimate of drug-likeness (QED) is 0.473. The second kappa shape index (κ2) is 10.4. The fraction of sp³-hybridized carbons (Fsp3) is 0.348. The SMILES string of the molecule is COc1ccc(CN(C(C)C)S(=O)(=O)c2ccc(C)cc2)cc1OCc1nc(CO)cs1. The van der Waals surface area contributed by atoms with Crippen molar-refractivity contribution in [3.05, 3.63) is 69.7 Å². The Hall–Kier alpha value is -2.46. The number of hydrogen-bond acceptors (Lipinski definition) is 7. The van der Waals surface area contributed by atoms with E-state index in [0.717, 1.165) is 16.1 Å². The molecular weight excluding hydrogens is 448 g/mol. The Bertz CT molecular complexity index is 1140. The first kappa shape index (κ1) is 24.2. The molecular formula is C23H28N2O5S2. The van der Waals surface area contributed by atoms with Crippen LogP contribution in [-0.2, 0) is 29.8 Å². The third-order valence-corrected chi connectivity index (χ3v) is 7.79. The minimum Gasteiger partial charge on any atom is -0.493 e. The number of aryl methyl sites for hydroxylation is 1. The van der Waals surface area contributed by atoms with Gasteiger partial charge >= 0.3 is 0 Å². The van der Waals surface area contributed by atoms with Gasteiger partial charge in [-0.1, -0.05) is 23.8 Å². The molecule has 172 valence electrons. The number of aliphatic hydroxyl groups excluding tert-OH is 1. The molecule has 0 aliphatic rings. The Kier molecular flexibility index (Phi) is 7.89. The van der Waals surface area contributed by atoms with E-state index in [-0.39, 0.29) is 30.7 Å². The molecule has 7 nitrogen and oxygen atoms in total. The van der Waals surface area contributed by atoms with Crippen molar-refractivity contribution in [2.24, 2.45) is 0 Å². The first-order valence-electron chi connectivity index (χ1n) is 10.2. The van der Waals surface area contributed by atoms with Crippen LogP contribution in [0.15, 0.2) is 52.7 Å². The van der Waals surface area contributed by atoms with E-state index in [9.17, 15) is 13.5 Å². The van der Waals surface area contributed by atoms with Gasteiger partial charge in [-0.25, -0.2) is 13.4 Å². The maximum Gasteiger partial charge on any atom is 0.243 e. The summed E-state index contributed by atoms with van der Waals surface area (Å²) in [5.74, 6) is 1.05. The summed E-state index contributed by atoms with van der Waals surface area (Å²) in [4.78, 5) is 4.55. The normalized spacial score (nSPS) is 11.8. The van der Waals surface area contributed by atoms with E-state index in [1.807, 2.05) is 26.8 Å². The zero-order valence-electron chi connectivity index (χ0n) is 18.6. The van der Waals surface area contributed by atoms with Crippen LogP contribution in [0.5, 0.6) is 11.5 Å². The van der Waals surface area contributed by atoms with Crippen molar-refractivity contribution in [3.8, 4) is 11.5 Å². The fourth-order valence-corrected chi connectivity index (χ4v) is 5.45. The van der Waals surface area contributed by atoms with Gasteiger partial charge < -0.3 is 14.6 Å². The first-order chi connectivity index (χ1) is 15.2. The van der Waals surface area contributed by atoms with E-state index >= 15 is 0 Å². The third kappa shape index (κ3) is 5.66. The van der Waals surface area contributed by atoms with Crippen molar-refractivity contribution in [1.82, 2.24) is 9.29 Å². The van der Waals surface area contributed by atoms with Crippen molar-refractivity contribution >= 4 is 21.4 Å². The van der Waals surface area contributed by atoms with E-state index in [2.05, 4.69) is 4.98 Å². The van der Waals surface area contributed by atoms with Gasteiger partial charge in [-0.05, 0) is 50.6 Å². The highest BCUT2D eigenvalue weighted by atomic mass is 32.2. The number of hydrogen-bond donors (Lipinski definition) is 1. The van der Waals surface area contributed by atoms with Crippen LogP contribution < -0.4 is 9.47 Å². The summed E-state index contributed by atoms with van der Waals surface area (Å²) in [6, 6.07) is 12.0. The van der Waals surface area contributed by atoms with Crippen molar-refractivity contribution in [2.75, 3.05) is 7.11 Å². The standard InChI is InChI=1S/C23H28N2O5S2/c1-16(2)25(32(27,28)20-8-5-17(3)6-9-20)12-18-7-10-21(29-4)22(11-18)30-14-23-24-19(13-26)15-31-23/h5-11,15-16,26H,12-14H2,1-4H3. The largest absolute Gasteiger partial charge is 0.493 e. The van der Waals surface area contributed by atoms with E-state index in [4.69, 9.17) is 9.47 Å². The number of nitrogens with zero attached hydrogens (tertiary/aromatic N) is 2. The predicted molar refractivity (Wildman–Crippen MR) is 124 cm³/mol. The number of benzene rings is 2. The molecule has 0 amide bonds. The molecule has 9 heteroatoms. The number of rotatable bonds is 10. The van der Waals surface area contributed by atoms with E-state index in [1.54, 1.807) is 48.9 Å². The van der Waals surface area contributed by atoms with Crippen LogP contribution in [0.2, 0.25) is 0 Å². The van der Waals surface area contributed by atoms with Gasteiger partial charge in [0.2, 0.25) is 10.0 Å². The maximum absolute atomic E-state index is 13.3. The molecule has 2 aromatic carbocycles. The van der Waals surface area contributed by atoms with Gasteiger partial charge in [0.25, 0.3) is 0 Å². The van der Waals surface area contributed by atoms with Crippen LogP contribution in [-0.4, -0.2) is 36.0 Å². The van der Waals surface area contributed by atoms with E-state index < -0.39 is 10.0 Å². The average molecular weight is 477 g/mol. The summed E-state index contributed by atoms with van der Waals surface area (Å²) in [7, 11) is -2.12. The zero-order valence-corrected chi connectivity index (χ0v) is 20.2. The molecule has 1 heterocycles. The van der Waals surface area contributed by atoms with Crippen LogP contribution in [0.1, 0.15) is 35.7 Å². The molecule has 0 aliphatic carbocycles. The predicted octanol–water partition coefficient (Wildman–Crippen LogP) is 4.13. The van der Waals surface area contributed by atoms with Gasteiger partial charge in [-0.3, -0.25) is 0 Å². The molecule has 1 aromatic heterocycles. The Morgan fingerprint density at radius 1 is 1.12 bits per heavy atom. The summed E-state index contributed by atoms with van der Waals surface area (Å²) in [5, 5.41) is 11.7. The molecule has 0 bridgehead atoms. The van der Waals surface area contributed by atoms with Crippen LogP contribution in [0, 0.1) is 6.92 Å². The number of aromatic nitrogens is 1.